The van der Waals surface area contributed by atoms with Crippen LogP contribution in [0.3, 0.4) is 0 Å². The highest BCUT2D eigenvalue weighted by Crippen LogP contribution is 2.12. The minimum atomic E-state index is -3.44. The molecule has 6 heteroatoms. The van der Waals surface area contributed by atoms with Gasteiger partial charge in [-0.3, -0.25) is 4.72 Å². The fourth-order valence-electron chi connectivity index (χ4n) is 1.43. The van der Waals surface area contributed by atoms with Crippen LogP contribution in [-0.2, 0) is 14.8 Å². The van der Waals surface area contributed by atoms with E-state index in [-0.39, 0.29) is 25.1 Å². The van der Waals surface area contributed by atoms with Crippen LogP contribution in [0.1, 0.15) is 19.4 Å². The Morgan fingerprint density at radius 3 is 2.80 bits per heavy atom. The van der Waals surface area contributed by atoms with Crippen molar-refractivity contribution in [2.75, 3.05) is 23.7 Å². The molecular formula is C14H19NO4S. The molecule has 2 N–H and O–H groups in total. The Kier molecular flexibility index (Phi) is 6.52. The molecule has 0 spiro atoms. The van der Waals surface area contributed by atoms with Crippen LogP contribution < -0.4 is 4.72 Å². The summed E-state index contributed by atoms with van der Waals surface area (Å²) in [4.78, 5) is 0. The first-order chi connectivity index (χ1) is 9.43. The third-order valence-electron chi connectivity index (χ3n) is 2.25. The van der Waals surface area contributed by atoms with E-state index in [4.69, 9.17) is 9.84 Å². The Morgan fingerprint density at radius 2 is 2.15 bits per heavy atom. The van der Waals surface area contributed by atoms with Crippen molar-refractivity contribution in [1.29, 1.82) is 0 Å². The Balaban J connectivity index is 2.67. The largest absolute Gasteiger partial charge is 0.384 e. The number of benzene rings is 1. The number of hydrogen-bond acceptors (Lipinski definition) is 4. The lowest BCUT2D eigenvalue weighted by Gasteiger charge is -2.10. The number of aliphatic hydroxyl groups excluding tert-OH is 1. The molecule has 0 amide bonds. The summed E-state index contributed by atoms with van der Waals surface area (Å²) >= 11 is 0. The topological polar surface area (TPSA) is 75.6 Å². The molecule has 0 aromatic heterocycles. The van der Waals surface area contributed by atoms with Crippen molar-refractivity contribution in [2.45, 2.75) is 20.0 Å². The first-order valence-corrected chi connectivity index (χ1v) is 7.90. The highest BCUT2D eigenvalue weighted by atomic mass is 32.2. The Morgan fingerprint density at radius 1 is 1.40 bits per heavy atom. The molecule has 0 bridgehead atoms. The van der Waals surface area contributed by atoms with Crippen LogP contribution in [0, 0.1) is 11.8 Å². The van der Waals surface area contributed by atoms with Crippen molar-refractivity contribution < 1.29 is 18.3 Å². The molecule has 0 aliphatic heterocycles. The highest BCUT2D eigenvalue weighted by Gasteiger charge is 2.11. The average Bonchev–Trinajstić information content (AvgIpc) is 2.35. The molecule has 0 saturated carbocycles. The molecule has 1 aromatic carbocycles. The molecule has 1 aromatic rings. The van der Waals surface area contributed by atoms with E-state index in [1.165, 1.54) is 0 Å². The maximum atomic E-state index is 11.8. The number of sulfonamides is 1. The van der Waals surface area contributed by atoms with Crippen molar-refractivity contribution >= 4 is 15.7 Å². The lowest BCUT2D eigenvalue weighted by molar-refractivity contribution is 0.0913. The molecule has 1 rings (SSSR count). The van der Waals surface area contributed by atoms with E-state index in [0.717, 1.165) is 0 Å². The summed E-state index contributed by atoms with van der Waals surface area (Å²) in [5.41, 5.74) is 1.08. The molecule has 0 atom stereocenters. The number of anilines is 1. The van der Waals surface area contributed by atoms with E-state index < -0.39 is 10.0 Å². The second-order valence-electron chi connectivity index (χ2n) is 4.38. The van der Waals surface area contributed by atoms with Crippen LogP contribution in [0.25, 0.3) is 0 Å². The van der Waals surface area contributed by atoms with E-state index in [0.29, 0.717) is 11.3 Å². The fourth-order valence-corrected chi connectivity index (χ4v) is 2.33. The zero-order valence-corrected chi connectivity index (χ0v) is 12.4. The molecule has 20 heavy (non-hydrogen) atoms. The van der Waals surface area contributed by atoms with E-state index in [1.54, 1.807) is 24.3 Å². The molecule has 0 fully saturated rings. The van der Waals surface area contributed by atoms with Gasteiger partial charge < -0.3 is 9.84 Å². The molecule has 0 radical (unpaired) electrons. The third kappa shape index (κ3) is 6.57. The second kappa shape index (κ2) is 7.90. The molecule has 5 nitrogen and oxygen atoms in total. The van der Waals surface area contributed by atoms with Crippen LogP contribution in [0.4, 0.5) is 5.69 Å². The first kappa shape index (κ1) is 16.5. The average molecular weight is 297 g/mol. The molecule has 0 heterocycles. The van der Waals surface area contributed by atoms with E-state index >= 15 is 0 Å². The first-order valence-electron chi connectivity index (χ1n) is 6.25. The van der Waals surface area contributed by atoms with Gasteiger partial charge in [0.2, 0.25) is 10.0 Å². The van der Waals surface area contributed by atoms with E-state index in [1.807, 2.05) is 13.8 Å². The van der Waals surface area contributed by atoms with Gasteiger partial charge in [0.1, 0.15) is 6.61 Å². The quantitative estimate of drug-likeness (QED) is 0.774. The van der Waals surface area contributed by atoms with Crippen LogP contribution in [0.5, 0.6) is 0 Å². The molecule has 0 saturated heterocycles. The zero-order chi connectivity index (χ0) is 15.0. The normalized spacial score (nSPS) is 11.0. The summed E-state index contributed by atoms with van der Waals surface area (Å²) < 4.78 is 31.4. The molecule has 0 aliphatic rings. The van der Waals surface area contributed by atoms with Crippen molar-refractivity contribution in [2.24, 2.45) is 0 Å². The smallest absolute Gasteiger partial charge is 0.235 e. The maximum Gasteiger partial charge on any atom is 0.235 e. The van der Waals surface area contributed by atoms with Gasteiger partial charge in [-0.1, -0.05) is 17.9 Å². The SMILES string of the molecule is CC(C)OCCS(=O)(=O)Nc1cccc(C#CCO)c1. The summed E-state index contributed by atoms with van der Waals surface area (Å²) in [6.07, 6.45) is 0.00211. The van der Waals surface area contributed by atoms with Crippen LogP contribution in [-0.4, -0.2) is 38.6 Å². The maximum absolute atomic E-state index is 11.8. The fraction of sp³-hybridized carbons (Fsp3) is 0.429. The lowest BCUT2D eigenvalue weighted by Crippen LogP contribution is -2.21. The predicted molar refractivity (Wildman–Crippen MR) is 78.9 cm³/mol. The monoisotopic (exact) mass is 297 g/mol. The zero-order valence-electron chi connectivity index (χ0n) is 11.6. The van der Waals surface area contributed by atoms with Crippen molar-refractivity contribution in [3.63, 3.8) is 0 Å². The Labute approximate surface area is 120 Å². The summed E-state index contributed by atoms with van der Waals surface area (Å²) in [5.74, 6) is 5.13. The standard InChI is InChI=1S/C14H19NO4S/c1-12(2)19-9-10-20(17,18)15-14-7-3-5-13(11-14)6-4-8-16/h3,5,7,11-12,15-16H,8-10H2,1-2H3. The van der Waals surface area contributed by atoms with Crippen molar-refractivity contribution in [3.8, 4) is 11.8 Å². The molecule has 0 unspecified atom stereocenters. The van der Waals surface area contributed by atoms with Gasteiger partial charge in [-0.05, 0) is 32.0 Å². The summed E-state index contributed by atoms with van der Waals surface area (Å²) in [6.45, 7) is 3.62. The van der Waals surface area contributed by atoms with Crippen LogP contribution in [0.15, 0.2) is 24.3 Å². The minimum Gasteiger partial charge on any atom is -0.384 e. The summed E-state index contributed by atoms with van der Waals surface area (Å²) in [5, 5.41) is 8.63. The Bertz CT molecular complexity index is 585. The minimum absolute atomic E-state index is 0.00211. The van der Waals surface area contributed by atoms with E-state index in [2.05, 4.69) is 16.6 Å². The van der Waals surface area contributed by atoms with Crippen LogP contribution >= 0.6 is 0 Å². The summed E-state index contributed by atoms with van der Waals surface area (Å²) in [7, 11) is -3.44. The van der Waals surface area contributed by atoms with Gasteiger partial charge in [0.05, 0.1) is 18.5 Å². The van der Waals surface area contributed by atoms with Gasteiger partial charge in [-0.25, -0.2) is 8.42 Å². The van der Waals surface area contributed by atoms with Crippen molar-refractivity contribution in [1.82, 2.24) is 0 Å². The predicted octanol–water partition coefficient (Wildman–Crippen LogP) is 1.20. The summed E-state index contributed by atoms with van der Waals surface area (Å²) in [6, 6.07) is 6.70. The van der Waals surface area contributed by atoms with Gasteiger partial charge >= 0.3 is 0 Å². The number of aliphatic hydroxyl groups is 1. The number of nitrogens with one attached hydrogen (secondary N) is 1. The van der Waals surface area contributed by atoms with E-state index in [9.17, 15) is 8.42 Å². The third-order valence-corrected chi connectivity index (χ3v) is 3.50. The van der Waals surface area contributed by atoms with Gasteiger partial charge in [-0.2, -0.15) is 0 Å². The number of ether oxygens (including phenoxy) is 1. The number of rotatable bonds is 6. The molecule has 110 valence electrons. The highest BCUT2D eigenvalue weighted by molar-refractivity contribution is 7.92. The van der Waals surface area contributed by atoms with Crippen LogP contribution in [0.2, 0.25) is 0 Å². The molecule has 0 aliphatic carbocycles. The van der Waals surface area contributed by atoms with Gasteiger partial charge in [0.25, 0.3) is 0 Å². The van der Waals surface area contributed by atoms with Gasteiger partial charge in [0.15, 0.2) is 0 Å². The lowest BCUT2D eigenvalue weighted by atomic mass is 10.2. The Hall–Kier alpha value is -1.55. The van der Waals surface area contributed by atoms with Gasteiger partial charge in [-0.15, -0.1) is 0 Å². The van der Waals surface area contributed by atoms with Gasteiger partial charge in [0, 0.05) is 11.3 Å². The van der Waals surface area contributed by atoms with Crippen molar-refractivity contribution in [3.05, 3.63) is 29.8 Å². The number of hydrogen-bond donors (Lipinski definition) is 2. The second-order valence-corrected chi connectivity index (χ2v) is 6.22. The molecular weight excluding hydrogens is 278 g/mol.